The first-order chi connectivity index (χ1) is 7.82. The van der Waals surface area contributed by atoms with Crippen molar-refractivity contribution in [1.29, 1.82) is 0 Å². The van der Waals surface area contributed by atoms with Crippen LogP contribution in [0, 0.1) is 25.7 Å². The van der Waals surface area contributed by atoms with Gasteiger partial charge in [-0.15, -0.1) is 0 Å². The molecule has 0 bridgehead atoms. The van der Waals surface area contributed by atoms with Crippen molar-refractivity contribution < 1.29 is 4.79 Å². The minimum Gasteiger partial charge on any atom is -0.294 e. The fraction of sp³-hybridized carbons (Fsp3) is 0.562. The van der Waals surface area contributed by atoms with Crippen molar-refractivity contribution in [1.82, 2.24) is 0 Å². The van der Waals surface area contributed by atoms with Crippen LogP contribution in [0.5, 0.6) is 0 Å². The third-order valence-electron chi connectivity index (χ3n) is 3.10. The Balaban J connectivity index is 3.13. The first-order valence-electron chi connectivity index (χ1n) is 6.47. The highest BCUT2D eigenvalue weighted by Gasteiger charge is 2.15. The molecule has 0 unspecified atom stereocenters. The van der Waals surface area contributed by atoms with Crippen LogP contribution in [0.1, 0.15) is 54.7 Å². The van der Waals surface area contributed by atoms with E-state index in [9.17, 15) is 4.79 Å². The van der Waals surface area contributed by atoms with Crippen LogP contribution in [0.4, 0.5) is 0 Å². The van der Waals surface area contributed by atoms with Crippen molar-refractivity contribution in [3.63, 3.8) is 0 Å². The van der Waals surface area contributed by atoms with Gasteiger partial charge in [0.05, 0.1) is 0 Å². The van der Waals surface area contributed by atoms with Crippen LogP contribution in [0.15, 0.2) is 12.1 Å². The maximum Gasteiger partial charge on any atom is 0.165 e. The van der Waals surface area contributed by atoms with E-state index in [-0.39, 0.29) is 11.7 Å². The van der Waals surface area contributed by atoms with Crippen LogP contribution in [-0.2, 0) is 6.42 Å². The maximum atomic E-state index is 12.1. The molecule has 0 N–H and O–H groups in total. The van der Waals surface area contributed by atoms with Crippen molar-refractivity contribution in [2.45, 2.75) is 48.0 Å². The Kier molecular flexibility index (Phi) is 4.50. The Morgan fingerprint density at radius 1 is 1.06 bits per heavy atom. The lowest BCUT2D eigenvalue weighted by Crippen LogP contribution is -2.11. The van der Waals surface area contributed by atoms with Crippen LogP contribution < -0.4 is 0 Å². The Hall–Kier alpha value is -1.11. The van der Waals surface area contributed by atoms with Crippen molar-refractivity contribution in [3.05, 3.63) is 34.4 Å². The third-order valence-corrected chi connectivity index (χ3v) is 3.10. The SMILES string of the molecule is Cc1cc(C(=O)C(C)C)c(C)cc1CC(C)C. The van der Waals surface area contributed by atoms with E-state index in [1.165, 1.54) is 11.1 Å². The number of carbonyl (C=O) groups excluding carboxylic acids is 1. The van der Waals surface area contributed by atoms with Gasteiger partial charge in [0.25, 0.3) is 0 Å². The number of benzene rings is 1. The highest BCUT2D eigenvalue weighted by Crippen LogP contribution is 2.21. The predicted octanol–water partition coefficient (Wildman–Crippen LogP) is 4.34. The fourth-order valence-electron chi connectivity index (χ4n) is 2.11. The Labute approximate surface area is 105 Å². The molecule has 0 saturated carbocycles. The average molecular weight is 232 g/mol. The average Bonchev–Trinajstić information content (AvgIpc) is 2.21. The second-order valence-corrected chi connectivity index (χ2v) is 5.71. The zero-order valence-corrected chi connectivity index (χ0v) is 11.9. The molecule has 1 heteroatoms. The van der Waals surface area contributed by atoms with Crippen LogP contribution in [-0.4, -0.2) is 5.78 Å². The molecular formula is C16H24O. The molecule has 1 aromatic rings. The molecule has 0 aliphatic heterocycles. The van der Waals surface area contributed by atoms with Gasteiger partial charge in [0.1, 0.15) is 0 Å². The summed E-state index contributed by atoms with van der Waals surface area (Å²) in [6, 6.07) is 4.25. The Morgan fingerprint density at radius 3 is 2.12 bits per heavy atom. The standard InChI is InChI=1S/C16H24O/c1-10(2)7-14-8-13(6)15(9-12(14)5)16(17)11(3)4/h8-11H,7H2,1-6H3. The summed E-state index contributed by atoms with van der Waals surface area (Å²) < 4.78 is 0. The van der Waals surface area contributed by atoms with E-state index in [1.54, 1.807) is 0 Å². The zero-order chi connectivity index (χ0) is 13.2. The summed E-state index contributed by atoms with van der Waals surface area (Å²) in [7, 11) is 0. The summed E-state index contributed by atoms with van der Waals surface area (Å²) in [6.07, 6.45) is 1.09. The fourth-order valence-corrected chi connectivity index (χ4v) is 2.11. The van der Waals surface area contributed by atoms with E-state index in [4.69, 9.17) is 0 Å². The van der Waals surface area contributed by atoms with Gasteiger partial charge in [0, 0.05) is 11.5 Å². The summed E-state index contributed by atoms with van der Waals surface area (Å²) in [5.74, 6) is 0.977. The summed E-state index contributed by atoms with van der Waals surface area (Å²) >= 11 is 0. The number of hydrogen-bond acceptors (Lipinski definition) is 1. The topological polar surface area (TPSA) is 17.1 Å². The van der Waals surface area contributed by atoms with Gasteiger partial charge in [-0.05, 0) is 48.9 Å². The van der Waals surface area contributed by atoms with Crippen LogP contribution >= 0.6 is 0 Å². The summed E-state index contributed by atoms with van der Waals surface area (Å²) in [4.78, 5) is 12.1. The quantitative estimate of drug-likeness (QED) is 0.706. The van der Waals surface area contributed by atoms with Crippen molar-refractivity contribution in [2.75, 3.05) is 0 Å². The molecule has 0 saturated heterocycles. The van der Waals surface area contributed by atoms with Gasteiger partial charge >= 0.3 is 0 Å². The number of hydrogen-bond donors (Lipinski definition) is 0. The summed E-state index contributed by atoms with van der Waals surface area (Å²) in [6.45, 7) is 12.5. The highest BCUT2D eigenvalue weighted by molar-refractivity contribution is 5.99. The Morgan fingerprint density at radius 2 is 1.65 bits per heavy atom. The molecule has 1 rings (SSSR count). The zero-order valence-electron chi connectivity index (χ0n) is 11.9. The van der Waals surface area contributed by atoms with E-state index in [0.29, 0.717) is 5.92 Å². The molecule has 0 aromatic heterocycles. The minimum atomic E-state index is 0.0732. The van der Waals surface area contributed by atoms with E-state index < -0.39 is 0 Å². The summed E-state index contributed by atoms with van der Waals surface area (Å²) in [5.41, 5.74) is 4.63. The third kappa shape index (κ3) is 3.42. The largest absolute Gasteiger partial charge is 0.294 e. The minimum absolute atomic E-state index is 0.0732. The molecule has 1 nitrogen and oxygen atoms in total. The lowest BCUT2D eigenvalue weighted by molar-refractivity contribution is 0.0938. The van der Waals surface area contributed by atoms with Crippen molar-refractivity contribution in [3.8, 4) is 0 Å². The number of carbonyl (C=O) groups is 1. The molecule has 17 heavy (non-hydrogen) atoms. The van der Waals surface area contributed by atoms with E-state index in [1.807, 2.05) is 20.8 Å². The monoisotopic (exact) mass is 232 g/mol. The maximum absolute atomic E-state index is 12.1. The van der Waals surface area contributed by atoms with Crippen LogP contribution in [0.25, 0.3) is 0 Å². The number of rotatable bonds is 4. The molecule has 0 aliphatic carbocycles. The van der Waals surface area contributed by atoms with Crippen LogP contribution in [0.3, 0.4) is 0 Å². The lowest BCUT2D eigenvalue weighted by Gasteiger charge is -2.14. The lowest BCUT2D eigenvalue weighted by atomic mass is 9.90. The van der Waals surface area contributed by atoms with Gasteiger partial charge in [-0.3, -0.25) is 4.79 Å². The van der Waals surface area contributed by atoms with Crippen molar-refractivity contribution in [2.24, 2.45) is 11.8 Å². The van der Waals surface area contributed by atoms with E-state index in [0.717, 1.165) is 17.5 Å². The number of aryl methyl sites for hydroxylation is 2. The summed E-state index contributed by atoms with van der Waals surface area (Å²) in [5, 5.41) is 0. The van der Waals surface area contributed by atoms with Crippen LogP contribution in [0.2, 0.25) is 0 Å². The molecule has 0 fully saturated rings. The molecule has 0 heterocycles. The molecule has 0 amide bonds. The highest BCUT2D eigenvalue weighted by atomic mass is 16.1. The molecule has 0 atom stereocenters. The molecule has 1 aromatic carbocycles. The van der Waals surface area contributed by atoms with Crippen molar-refractivity contribution >= 4 is 5.78 Å². The van der Waals surface area contributed by atoms with E-state index >= 15 is 0 Å². The smallest absolute Gasteiger partial charge is 0.165 e. The molecular weight excluding hydrogens is 208 g/mol. The van der Waals surface area contributed by atoms with E-state index in [2.05, 4.69) is 32.9 Å². The number of Topliss-reactive ketones (excluding diaryl/α,β-unsaturated/α-hetero) is 1. The van der Waals surface area contributed by atoms with Gasteiger partial charge in [0.15, 0.2) is 5.78 Å². The number of ketones is 1. The first-order valence-corrected chi connectivity index (χ1v) is 6.47. The Bertz CT molecular complexity index is 414. The molecule has 94 valence electrons. The molecule has 0 aliphatic rings. The molecule has 0 radical (unpaired) electrons. The van der Waals surface area contributed by atoms with Gasteiger partial charge in [-0.2, -0.15) is 0 Å². The second-order valence-electron chi connectivity index (χ2n) is 5.71. The first kappa shape index (κ1) is 14.0. The normalized spacial score (nSPS) is 11.3. The van der Waals surface area contributed by atoms with Gasteiger partial charge in [-0.25, -0.2) is 0 Å². The van der Waals surface area contributed by atoms with Gasteiger partial charge in [0.2, 0.25) is 0 Å². The van der Waals surface area contributed by atoms with Gasteiger partial charge in [-0.1, -0.05) is 33.8 Å². The van der Waals surface area contributed by atoms with Gasteiger partial charge < -0.3 is 0 Å². The second kappa shape index (κ2) is 5.48. The molecule has 0 spiro atoms. The predicted molar refractivity (Wildman–Crippen MR) is 73.6 cm³/mol.